The fraction of sp³-hybridized carbons (Fsp3) is 0.360. The van der Waals surface area contributed by atoms with E-state index in [2.05, 4.69) is 31.8 Å². The summed E-state index contributed by atoms with van der Waals surface area (Å²) >= 11 is 3.34. The Labute approximate surface area is 188 Å². The van der Waals surface area contributed by atoms with E-state index in [4.69, 9.17) is 5.41 Å². The predicted molar refractivity (Wildman–Crippen MR) is 132 cm³/mol. The van der Waals surface area contributed by atoms with Crippen LogP contribution in [0.4, 0.5) is 0 Å². The van der Waals surface area contributed by atoms with Gasteiger partial charge in [-0.25, -0.2) is 0 Å². The van der Waals surface area contributed by atoms with Crippen LogP contribution in [-0.4, -0.2) is 18.3 Å². The number of allylic oxidation sites excluding steroid dienone is 4. The quantitative estimate of drug-likeness (QED) is 0.327. The first-order chi connectivity index (χ1) is 14.3. The second-order valence-electron chi connectivity index (χ2n) is 7.92. The molecular formula is C25H30N2OS2. The van der Waals surface area contributed by atoms with Gasteiger partial charge in [-0.1, -0.05) is 49.0 Å². The van der Waals surface area contributed by atoms with Crippen molar-refractivity contribution in [2.24, 2.45) is 5.92 Å². The Morgan fingerprint density at radius 3 is 2.70 bits per heavy atom. The first kappa shape index (κ1) is 22.7. The third-order valence-corrected chi connectivity index (χ3v) is 7.90. The van der Waals surface area contributed by atoms with E-state index < -0.39 is 0 Å². The molecule has 0 amide bonds. The van der Waals surface area contributed by atoms with Gasteiger partial charge in [0.25, 0.3) is 0 Å². The molecule has 2 N–H and O–H groups in total. The van der Waals surface area contributed by atoms with Gasteiger partial charge >= 0.3 is 0 Å². The van der Waals surface area contributed by atoms with Crippen molar-refractivity contribution in [3.8, 4) is 0 Å². The Morgan fingerprint density at radius 2 is 2.10 bits per heavy atom. The van der Waals surface area contributed by atoms with E-state index in [1.165, 1.54) is 33.5 Å². The van der Waals surface area contributed by atoms with Crippen LogP contribution in [0.3, 0.4) is 0 Å². The van der Waals surface area contributed by atoms with Crippen LogP contribution >= 0.6 is 23.5 Å². The lowest BCUT2D eigenvalue weighted by molar-refractivity contribution is 0.101. The van der Waals surface area contributed by atoms with Gasteiger partial charge < -0.3 is 10.7 Å². The highest BCUT2D eigenvalue weighted by molar-refractivity contribution is 8.23. The molecule has 1 saturated carbocycles. The Balaban J connectivity index is 1.93. The number of thioether (sulfide) groups is 2. The number of carbonyl (C=O) groups is 1. The van der Waals surface area contributed by atoms with Gasteiger partial charge in [-0.05, 0) is 68.1 Å². The highest BCUT2D eigenvalue weighted by Crippen LogP contribution is 2.47. The Hall–Kier alpha value is -1.98. The molecule has 5 heteroatoms. The minimum atomic E-state index is 0.0869. The van der Waals surface area contributed by atoms with Crippen molar-refractivity contribution in [1.82, 2.24) is 5.32 Å². The largest absolute Gasteiger partial charge is 0.381 e. The van der Waals surface area contributed by atoms with Crippen LogP contribution in [0, 0.1) is 11.3 Å². The predicted octanol–water partition coefficient (Wildman–Crippen LogP) is 6.85. The molecule has 0 saturated heterocycles. The second-order valence-corrected chi connectivity index (χ2v) is 10.2. The van der Waals surface area contributed by atoms with Crippen molar-refractivity contribution in [2.75, 3.05) is 6.26 Å². The molecule has 0 bridgehead atoms. The third kappa shape index (κ3) is 5.19. The smallest absolute Gasteiger partial charge is 0.159 e. The molecule has 1 aromatic carbocycles. The minimum Gasteiger partial charge on any atom is -0.381 e. The third-order valence-electron chi connectivity index (χ3n) is 5.72. The summed E-state index contributed by atoms with van der Waals surface area (Å²) in [5.74, 6) is 0.516. The lowest BCUT2D eigenvalue weighted by Crippen LogP contribution is -2.21. The van der Waals surface area contributed by atoms with Gasteiger partial charge in [-0.3, -0.25) is 4.79 Å². The summed E-state index contributed by atoms with van der Waals surface area (Å²) in [4.78, 5) is 12.9. The van der Waals surface area contributed by atoms with Crippen LogP contribution < -0.4 is 5.32 Å². The molecule has 1 aromatic rings. The highest BCUT2D eigenvalue weighted by atomic mass is 32.2. The van der Waals surface area contributed by atoms with Crippen molar-refractivity contribution in [3.05, 3.63) is 79.1 Å². The topological polar surface area (TPSA) is 53.0 Å². The summed E-state index contributed by atoms with van der Waals surface area (Å²) in [5.41, 5.74) is 8.08. The molecule has 0 aromatic heterocycles. The summed E-state index contributed by atoms with van der Waals surface area (Å²) in [7, 11) is 0. The normalized spacial score (nSPS) is 18.4. The molecule has 2 aliphatic rings. The summed E-state index contributed by atoms with van der Waals surface area (Å²) < 4.78 is 1.05. The van der Waals surface area contributed by atoms with Crippen LogP contribution in [0.1, 0.15) is 56.0 Å². The fourth-order valence-corrected chi connectivity index (χ4v) is 5.14. The SMILES string of the molecule is C=C(SC)SC1=C(C)C(C)CC(C(NCc2cccc(C(C)=O)c2)=C2CC2)=C1C=N. The van der Waals surface area contributed by atoms with Crippen molar-refractivity contribution < 1.29 is 4.79 Å². The summed E-state index contributed by atoms with van der Waals surface area (Å²) in [6.07, 6.45) is 6.72. The zero-order chi connectivity index (χ0) is 21.8. The maximum Gasteiger partial charge on any atom is 0.159 e. The molecule has 2 aliphatic carbocycles. The Bertz CT molecular complexity index is 979. The lowest BCUT2D eigenvalue weighted by atomic mass is 9.83. The van der Waals surface area contributed by atoms with E-state index in [9.17, 15) is 4.79 Å². The van der Waals surface area contributed by atoms with Gasteiger partial charge in [0.2, 0.25) is 0 Å². The molecule has 1 unspecified atom stereocenters. The number of hydrogen-bond acceptors (Lipinski definition) is 5. The summed E-state index contributed by atoms with van der Waals surface area (Å²) in [5, 5.41) is 11.9. The number of rotatable bonds is 9. The zero-order valence-electron chi connectivity index (χ0n) is 18.2. The van der Waals surface area contributed by atoms with Gasteiger partial charge in [-0.2, -0.15) is 0 Å². The molecule has 0 aliphatic heterocycles. The number of ketones is 1. The van der Waals surface area contributed by atoms with Crippen LogP contribution in [0.15, 0.2) is 68.0 Å². The first-order valence-electron chi connectivity index (χ1n) is 10.3. The molecule has 1 atom stereocenters. The maximum atomic E-state index is 11.7. The zero-order valence-corrected chi connectivity index (χ0v) is 19.9. The van der Waals surface area contributed by atoms with E-state index in [1.54, 1.807) is 30.4 Å². The monoisotopic (exact) mass is 438 g/mol. The molecule has 0 spiro atoms. The van der Waals surface area contributed by atoms with Gasteiger partial charge in [0.05, 0.1) is 0 Å². The molecule has 3 nitrogen and oxygen atoms in total. The van der Waals surface area contributed by atoms with Crippen molar-refractivity contribution in [1.29, 1.82) is 5.41 Å². The number of benzene rings is 1. The Kier molecular flexibility index (Phi) is 7.48. The van der Waals surface area contributed by atoms with Gasteiger partial charge in [-0.15, -0.1) is 11.8 Å². The van der Waals surface area contributed by atoms with E-state index in [1.807, 2.05) is 24.5 Å². The molecular weight excluding hydrogens is 408 g/mol. The van der Waals surface area contributed by atoms with Crippen molar-refractivity contribution >= 4 is 35.5 Å². The summed E-state index contributed by atoms with van der Waals surface area (Å²) in [6, 6.07) is 7.82. The minimum absolute atomic E-state index is 0.0869. The summed E-state index contributed by atoms with van der Waals surface area (Å²) in [6.45, 7) is 10.9. The molecule has 3 rings (SSSR count). The fourth-order valence-electron chi connectivity index (χ4n) is 3.67. The average molecular weight is 439 g/mol. The van der Waals surface area contributed by atoms with Crippen LogP contribution in [0.25, 0.3) is 0 Å². The average Bonchev–Trinajstić information content (AvgIpc) is 3.57. The van der Waals surface area contributed by atoms with E-state index in [0.29, 0.717) is 12.5 Å². The Morgan fingerprint density at radius 1 is 1.37 bits per heavy atom. The molecule has 0 heterocycles. The van der Waals surface area contributed by atoms with Crippen LogP contribution in [0.2, 0.25) is 0 Å². The van der Waals surface area contributed by atoms with Gasteiger partial charge in [0.1, 0.15) is 0 Å². The van der Waals surface area contributed by atoms with Gasteiger partial charge in [0, 0.05) is 38.7 Å². The number of Topliss-reactive ketones (excluding diaryl/α,β-unsaturated/α-hetero) is 1. The number of carbonyl (C=O) groups excluding carboxylic acids is 1. The van der Waals surface area contributed by atoms with Crippen LogP contribution in [-0.2, 0) is 6.54 Å². The number of nitrogens with one attached hydrogen (secondary N) is 2. The second kappa shape index (κ2) is 9.88. The lowest BCUT2D eigenvalue weighted by Gasteiger charge is -2.29. The first-order valence-corrected chi connectivity index (χ1v) is 12.3. The maximum absolute atomic E-state index is 11.7. The van der Waals surface area contributed by atoms with Crippen LogP contribution in [0.5, 0.6) is 0 Å². The highest BCUT2D eigenvalue weighted by Gasteiger charge is 2.29. The standard InChI is InChI=1S/C25H30N2OS2/c1-15-11-22(23(13-26)25(16(15)2)30-18(4)29-5)24(20-9-10-20)27-14-19-7-6-8-21(12-19)17(3)28/h6-8,12-13,15,26-27H,4,9-11,14H2,1-3,5H3. The van der Waals surface area contributed by atoms with E-state index >= 15 is 0 Å². The molecule has 30 heavy (non-hydrogen) atoms. The van der Waals surface area contributed by atoms with Crippen molar-refractivity contribution in [2.45, 2.75) is 46.6 Å². The van der Waals surface area contributed by atoms with Gasteiger partial charge in [0.15, 0.2) is 5.78 Å². The molecule has 158 valence electrons. The number of hydrogen-bond donors (Lipinski definition) is 2. The molecule has 0 radical (unpaired) electrons. The molecule has 1 fully saturated rings. The van der Waals surface area contributed by atoms with Crippen molar-refractivity contribution in [3.63, 3.8) is 0 Å². The van der Waals surface area contributed by atoms with E-state index in [0.717, 1.165) is 40.2 Å². The van der Waals surface area contributed by atoms with E-state index in [-0.39, 0.29) is 5.78 Å².